The van der Waals surface area contributed by atoms with Gasteiger partial charge in [-0.05, 0) is 44.5 Å². The number of halogens is 1. The molecule has 1 N–H and O–H groups in total. The molecular formula is C16H19ClN2O3. The summed E-state index contributed by atoms with van der Waals surface area (Å²) in [5.74, 6) is 0.457. The number of carbonyl (C=O) groups is 1. The summed E-state index contributed by atoms with van der Waals surface area (Å²) in [6.07, 6.45) is 1.46. The molecule has 1 rings (SSSR count). The van der Waals surface area contributed by atoms with Gasteiger partial charge in [-0.1, -0.05) is 11.6 Å². The summed E-state index contributed by atoms with van der Waals surface area (Å²) in [5.41, 5.74) is 0.585. The van der Waals surface area contributed by atoms with Crippen LogP contribution in [0.2, 0.25) is 5.02 Å². The summed E-state index contributed by atoms with van der Waals surface area (Å²) in [6.45, 7) is 5.93. The van der Waals surface area contributed by atoms with Crippen LogP contribution in [0.3, 0.4) is 0 Å². The van der Waals surface area contributed by atoms with E-state index in [-0.39, 0.29) is 11.6 Å². The smallest absolute Gasteiger partial charge is 0.262 e. The first-order chi connectivity index (χ1) is 10.4. The molecule has 0 aliphatic heterocycles. The van der Waals surface area contributed by atoms with E-state index >= 15 is 0 Å². The van der Waals surface area contributed by atoms with Crippen molar-refractivity contribution in [3.8, 4) is 17.6 Å². The van der Waals surface area contributed by atoms with Crippen molar-refractivity contribution < 1.29 is 14.3 Å². The first-order valence-electron chi connectivity index (χ1n) is 6.85. The molecule has 0 heterocycles. The summed E-state index contributed by atoms with van der Waals surface area (Å²) in [7, 11) is 1.50. The van der Waals surface area contributed by atoms with Crippen LogP contribution in [-0.2, 0) is 4.79 Å². The van der Waals surface area contributed by atoms with E-state index < -0.39 is 5.91 Å². The summed E-state index contributed by atoms with van der Waals surface area (Å²) >= 11 is 6.14. The fraction of sp³-hybridized carbons (Fsp3) is 0.375. The Balaban J connectivity index is 3.23. The van der Waals surface area contributed by atoms with Crippen molar-refractivity contribution >= 4 is 23.6 Å². The highest BCUT2D eigenvalue weighted by Crippen LogP contribution is 2.36. The normalized spacial score (nSPS) is 11.0. The average Bonchev–Trinajstić information content (AvgIpc) is 2.44. The first kappa shape index (κ1) is 17.9. The minimum Gasteiger partial charge on any atom is -0.491 e. The highest BCUT2D eigenvalue weighted by molar-refractivity contribution is 6.32. The fourth-order valence-electron chi connectivity index (χ4n) is 1.79. The number of benzene rings is 1. The SMILES string of the molecule is CCOc1cc(/C=C(\C#N)C(=O)NC(C)C)cc(Cl)c1OC. The monoisotopic (exact) mass is 322 g/mol. The Morgan fingerprint density at radius 1 is 1.50 bits per heavy atom. The van der Waals surface area contributed by atoms with E-state index in [0.717, 1.165) is 0 Å². The molecule has 22 heavy (non-hydrogen) atoms. The van der Waals surface area contributed by atoms with Gasteiger partial charge in [-0.25, -0.2) is 0 Å². The maximum Gasteiger partial charge on any atom is 0.262 e. The standard InChI is InChI=1S/C16H19ClN2O3/c1-5-22-14-8-11(7-13(17)15(14)21-4)6-12(9-18)16(20)19-10(2)3/h6-8,10H,5H2,1-4H3,(H,19,20)/b12-6+. The first-order valence-corrected chi connectivity index (χ1v) is 7.23. The van der Waals surface area contributed by atoms with Gasteiger partial charge < -0.3 is 14.8 Å². The maximum absolute atomic E-state index is 11.9. The Bertz CT molecular complexity index is 619. The average molecular weight is 323 g/mol. The lowest BCUT2D eigenvalue weighted by Crippen LogP contribution is -2.30. The predicted octanol–water partition coefficient (Wildman–Crippen LogP) is 3.18. The number of nitriles is 1. The maximum atomic E-state index is 11.9. The van der Waals surface area contributed by atoms with Gasteiger partial charge in [-0.15, -0.1) is 0 Å². The summed E-state index contributed by atoms with van der Waals surface area (Å²) in [6, 6.07) is 5.12. The Morgan fingerprint density at radius 2 is 2.18 bits per heavy atom. The van der Waals surface area contributed by atoms with Crippen LogP contribution in [0.4, 0.5) is 0 Å². The van der Waals surface area contributed by atoms with Crippen LogP contribution in [0.1, 0.15) is 26.3 Å². The summed E-state index contributed by atoms with van der Waals surface area (Å²) in [5, 5.41) is 12.2. The molecular weight excluding hydrogens is 304 g/mol. The number of nitrogens with zero attached hydrogens (tertiary/aromatic N) is 1. The van der Waals surface area contributed by atoms with Gasteiger partial charge >= 0.3 is 0 Å². The number of ether oxygens (including phenoxy) is 2. The third-order valence-electron chi connectivity index (χ3n) is 2.63. The third kappa shape index (κ3) is 4.68. The Labute approximate surface area is 135 Å². The number of hydrogen-bond acceptors (Lipinski definition) is 4. The minimum absolute atomic E-state index is 0.00242. The molecule has 0 spiro atoms. The lowest BCUT2D eigenvalue weighted by atomic mass is 10.1. The zero-order chi connectivity index (χ0) is 16.7. The molecule has 0 aliphatic rings. The van der Waals surface area contributed by atoms with E-state index in [4.69, 9.17) is 26.3 Å². The molecule has 5 nitrogen and oxygen atoms in total. The fourth-order valence-corrected chi connectivity index (χ4v) is 2.08. The van der Waals surface area contributed by atoms with Gasteiger partial charge in [0.25, 0.3) is 5.91 Å². The lowest BCUT2D eigenvalue weighted by Gasteiger charge is -2.12. The highest BCUT2D eigenvalue weighted by atomic mass is 35.5. The second kappa shape index (κ2) is 8.30. The van der Waals surface area contributed by atoms with Crippen molar-refractivity contribution in [2.24, 2.45) is 0 Å². The van der Waals surface area contributed by atoms with Crippen molar-refractivity contribution in [1.29, 1.82) is 5.26 Å². The Hall–Kier alpha value is -2.19. The van der Waals surface area contributed by atoms with E-state index in [2.05, 4.69) is 5.32 Å². The van der Waals surface area contributed by atoms with Gasteiger partial charge in [0.1, 0.15) is 11.6 Å². The van der Waals surface area contributed by atoms with E-state index in [1.54, 1.807) is 12.1 Å². The molecule has 1 amide bonds. The highest BCUT2D eigenvalue weighted by Gasteiger charge is 2.14. The predicted molar refractivity (Wildman–Crippen MR) is 86.0 cm³/mol. The number of carbonyl (C=O) groups excluding carboxylic acids is 1. The molecule has 0 saturated carbocycles. The minimum atomic E-state index is -0.428. The largest absolute Gasteiger partial charge is 0.491 e. The molecule has 0 fully saturated rings. The van der Waals surface area contributed by atoms with Crippen molar-refractivity contribution in [1.82, 2.24) is 5.32 Å². The molecule has 0 aromatic heterocycles. The summed E-state index contributed by atoms with van der Waals surface area (Å²) in [4.78, 5) is 11.9. The van der Waals surface area contributed by atoms with Crippen LogP contribution in [0.25, 0.3) is 6.08 Å². The zero-order valence-electron chi connectivity index (χ0n) is 13.1. The number of hydrogen-bond donors (Lipinski definition) is 1. The van der Waals surface area contributed by atoms with Crippen LogP contribution in [0.15, 0.2) is 17.7 Å². The van der Waals surface area contributed by atoms with Gasteiger partial charge in [0, 0.05) is 6.04 Å². The molecule has 6 heteroatoms. The van der Waals surface area contributed by atoms with E-state index in [9.17, 15) is 4.79 Å². The second-order valence-corrected chi connectivity index (χ2v) is 5.17. The van der Waals surface area contributed by atoms with Gasteiger partial charge in [-0.3, -0.25) is 4.79 Å². The van der Waals surface area contributed by atoms with Crippen molar-refractivity contribution in [3.63, 3.8) is 0 Å². The Morgan fingerprint density at radius 3 is 2.68 bits per heavy atom. The second-order valence-electron chi connectivity index (χ2n) is 4.77. The van der Waals surface area contributed by atoms with E-state index in [1.807, 2.05) is 26.8 Å². The topological polar surface area (TPSA) is 71.3 Å². The van der Waals surface area contributed by atoms with Crippen LogP contribution in [0.5, 0.6) is 11.5 Å². The molecule has 0 bridgehead atoms. The van der Waals surface area contributed by atoms with Crippen LogP contribution < -0.4 is 14.8 Å². The molecule has 0 aliphatic carbocycles. The number of rotatable bonds is 6. The number of amides is 1. The van der Waals surface area contributed by atoms with Crippen molar-refractivity contribution in [2.45, 2.75) is 26.8 Å². The molecule has 1 aromatic carbocycles. The molecule has 118 valence electrons. The van der Waals surface area contributed by atoms with Crippen LogP contribution in [-0.4, -0.2) is 25.7 Å². The summed E-state index contributed by atoms with van der Waals surface area (Å²) < 4.78 is 10.7. The van der Waals surface area contributed by atoms with Crippen molar-refractivity contribution in [3.05, 3.63) is 28.3 Å². The number of methoxy groups -OCH3 is 1. The van der Waals surface area contributed by atoms with Gasteiger partial charge in [0.2, 0.25) is 0 Å². The lowest BCUT2D eigenvalue weighted by molar-refractivity contribution is -0.117. The molecule has 0 saturated heterocycles. The van der Waals surface area contributed by atoms with Gasteiger partial charge in [0.05, 0.1) is 18.7 Å². The number of nitrogens with one attached hydrogen (secondary N) is 1. The van der Waals surface area contributed by atoms with Gasteiger partial charge in [-0.2, -0.15) is 5.26 Å². The molecule has 0 radical (unpaired) electrons. The molecule has 1 aromatic rings. The third-order valence-corrected chi connectivity index (χ3v) is 2.91. The Kier molecular flexibility index (Phi) is 6.74. The molecule has 0 atom stereocenters. The quantitative estimate of drug-likeness (QED) is 0.645. The zero-order valence-corrected chi connectivity index (χ0v) is 13.8. The van der Waals surface area contributed by atoms with Crippen LogP contribution >= 0.6 is 11.6 Å². The van der Waals surface area contributed by atoms with Crippen molar-refractivity contribution in [2.75, 3.05) is 13.7 Å². The van der Waals surface area contributed by atoms with E-state index in [1.165, 1.54) is 13.2 Å². The molecule has 0 unspecified atom stereocenters. The van der Waals surface area contributed by atoms with E-state index in [0.29, 0.717) is 28.7 Å². The van der Waals surface area contributed by atoms with Crippen LogP contribution in [0, 0.1) is 11.3 Å². The van der Waals surface area contributed by atoms with Gasteiger partial charge in [0.15, 0.2) is 11.5 Å².